The molecule has 0 heterocycles. The number of carbonyl (C=O) groups is 2. The predicted molar refractivity (Wildman–Crippen MR) is 73.7 cm³/mol. The fraction of sp³-hybridized carbons (Fsp3) is 0.467. The van der Waals surface area contributed by atoms with Crippen molar-refractivity contribution in [2.45, 2.75) is 26.7 Å². The third-order valence-corrected chi connectivity index (χ3v) is 2.98. The number of methoxy groups -OCH3 is 1. The minimum atomic E-state index is -0.360. The predicted octanol–water partition coefficient (Wildman–Crippen LogP) is 1.85. The van der Waals surface area contributed by atoms with E-state index in [9.17, 15) is 9.59 Å². The van der Waals surface area contributed by atoms with Crippen LogP contribution in [0, 0.1) is 12.8 Å². The summed E-state index contributed by atoms with van der Waals surface area (Å²) in [6, 6.07) is 8.22. The zero-order valence-corrected chi connectivity index (χ0v) is 11.7. The van der Waals surface area contributed by atoms with Gasteiger partial charge in [0.25, 0.3) is 0 Å². The highest BCUT2D eigenvalue weighted by atomic mass is 16.5. The summed E-state index contributed by atoms with van der Waals surface area (Å²) in [5.74, 6) is -0.829. The lowest BCUT2D eigenvalue weighted by Gasteiger charge is -2.11. The molecule has 1 atom stereocenters. The van der Waals surface area contributed by atoms with E-state index in [1.165, 1.54) is 18.2 Å². The third-order valence-electron chi connectivity index (χ3n) is 2.98. The largest absolute Gasteiger partial charge is 0.469 e. The van der Waals surface area contributed by atoms with E-state index >= 15 is 0 Å². The maximum atomic E-state index is 11.7. The minimum absolute atomic E-state index is 0.113. The van der Waals surface area contributed by atoms with Crippen LogP contribution < -0.4 is 5.32 Å². The van der Waals surface area contributed by atoms with Crippen molar-refractivity contribution in [3.63, 3.8) is 0 Å². The van der Waals surface area contributed by atoms with Gasteiger partial charge in [0.15, 0.2) is 0 Å². The monoisotopic (exact) mass is 263 g/mol. The summed E-state index contributed by atoms with van der Waals surface area (Å²) in [6.45, 7) is 4.34. The van der Waals surface area contributed by atoms with Crippen molar-refractivity contribution < 1.29 is 14.3 Å². The standard InChI is InChI=1S/C15H21NO3/c1-11-4-6-13(7-5-11)8-9-16-15(18)12(2)10-14(17)19-3/h4-7,12H,8-10H2,1-3H3,(H,16,18). The summed E-state index contributed by atoms with van der Waals surface area (Å²) in [5, 5.41) is 2.83. The molecule has 0 aliphatic rings. The summed E-state index contributed by atoms with van der Waals surface area (Å²) in [4.78, 5) is 22.8. The fourth-order valence-electron chi connectivity index (χ4n) is 1.69. The van der Waals surface area contributed by atoms with Gasteiger partial charge >= 0.3 is 5.97 Å². The molecule has 0 saturated carbocycles. The first kappa shape index (κ1) is 15.2. The molecule has 0 aliphatic carbocycles. The fourth-order valence-corrected chi connectivity index (χ4v) is 1.69. The molecule has 0 aliphatic heterocycles. The van der Waals surface area contributed by atoms with Crippen LogP contribution in [0.25, 0.3) is 0 Å². The number of nitrogens with one attached hydrogen (secondary N) is 1. The van der Waals surface area contributed by atoms with Gasteiger partial charge in [-0.05, 0) is 18.9 Å². The lowest BCUT2D eigenvalue weighted by Crippen LogP contribution is -2.32. The number of rotatable bonds is 6. The Bertz CT molecular complexity index is 426. The van der Waals surface area contributed by atoms with Crippen molar-refractivity contribution in [2.75, 3.05) is 13.7 Å². The van der Waals surface area contributed by atoms with Crippen LogP contribution in [0.3, 0.4) is 0 Å². The molecule has 0 aromatic heterocycles. The molecule has 4 nitrogen and oxygen atoms in total. The van der Waals surface area contributed by atoms with E-state index in [0.29, 0.717) is 6.54 Å². The second-order valence-electron chi connectivity index (χ2n) is 4.71. The van der Waals surface area contributed by atoms with E-state index in [1.54, 1.807) is 6.92 Å². The van der Waals surface area contributed by atoms with Crippen LogP contribution in [-0.4, -0.2) is 25.5 Å². The van der Waals surface area contributed by atoms with Crippen LogP contribution in [0.2, 0.25) is 0 Å². The van der Waals surface area contributed by atoms with Crippen LogP contribution in [0.1, 0.15) is 24.5 Å². The van der Waals surface area contributed by atoms with E-state index in [4.69, 9.17) is 0 Å². The molecule has 0 spiro atoms. The normalized spacial score (nSPS) is 11.7. The van der Waals surface area contributed by atoms with E-state index in [-0.39, 0.29) is 24.2 Å². The zero-order valence-electron chi connectivity index (χ0n) is 11.7. The van der Waals surface area contributed by atoms with Gasteiger partial charge in [0.1, 0.15) is 0 Å². The number of hydrogen-bond acceptors (Lipinski definition) is 3. The molecule has 0 bridgehead atoms. The second-order valence-corrected chi connectivity index (χ2v) is 4.71. The molecule has 1 N–H and O–H groups in total. The Morgan fingerprint density at radius 1 is 1.26 bits per heavy atom. The number of amides is 1. The van der Waals surface area contributed by atoms with Crippen molar-refractivity contribution in [3.05, 3.63) is 35.4 Å². The topological polar surface area (TPSA) is 55.4 Å². The Hall–Kier alpha value is -1.84. The number of benzene rings is 1. The Kier molecular flexibility index (Phi) is 6.06. The van der Waals surface area contributed by atoms with Crippen LogP contribution >= 0.6 is 0 Å². The number of carbonyl (C=O) groups excluding carboxylic acids is 2. The summed E-state index contributed by atoms with van der Waals surface area (Å²) < 4.78 is 4.54. The molecule has 0 fully saturated rings. The SMILES string of the molecule is COC(=O)CC(C)C(=O)NCCc1ccc(C)cc1. The smallest absolute Gasteiger partial charge is 0.306 e. The Balaban J connectivity index is 2.30. The number of aryl methyl sites for hydroxylation is 1. The van der Waals surface area contributed by atoms with Crippen molar-refractivity contribution >= 4 is 11.9 Å². The summed E-state index contributed by atoms with van der Waals surface area (Å²) >= 11 is 0. The summed E-state index contributed by atoms with van der Waals surface area (Å²) in [6.07, 6.45) is 0.907. The van der Waals surface area contributed by atoms with Gasteiger partial charge in [-0.3, -0.25) is 9.59 Å². The van der Waals surface area contributed by atoms with Crippen LogP contribution in [-0.2, 0) is 20.7 Å². The van der Waals surface area contributed by atoms with Gasteiger partial charge < -0.3 is 10.1 Å². The first-order valence-corrected chi connectivity index (χ1v) is 6.43. The van der Waals surface area contributed by atoms with Crippen LogP contribution in [0.5, 0.6) is 0 Å². The number of ether oxygens (including phenoxy) is 1. The Labute approximate surface area is 114 Å². The highest BCUT2D eigenvalue weighted by Crippen LogP contribution is 2.05. The summed E-state index contributed by atoms with van der Waals surface area (Å²) in [7, 11) is 1.32. The molecule has 1 aromatic rings. The van der Waals surface area contributed by atoms with Gasteiger partial charge in [0.2, 0.25) is 5.91 Å². The highest BCUT2D eigenvalue weighted by Gasteiger charge is 2.16. The molecule has 1 aromatic carbocycles. The van der Waals surface area contributed by atoms with E-state index in [0.717, 1.165) is 6.42 Å². The van der Waals surface area contributed by atoms with Crippen molar-refractivity contribution in [1.82, 2.24) is 5.32 Å². The first-order valence-electron chi connectivity index (χ1n) is 6.43. The quantitative estimate of drug-likeness (QED) is 0.797. The van der Waals surface area contributed by atoms with Crippen LogP contribution in [0.4, 0.5) is 0 Å². The molecule has 4 heteroatoms. The molecule has 1 amide bonds. The van der Waals surface area contributed by atoms with Gasteiger partial charge in [0, 0.05) is 12.5 Å². The first-order chi connectivity index (χ1) is 9.02. The molecule has 104 valence electrons. The molecule has 0 radical (unpaired) electrons. The van der Waals surface area contributed by atoms with Crippen LogP contribution in [0.15, 0.2) is 24.3 Å². The number of hydrogen-bond donors (Lipinski definition) is 1. The lowest BCUT2D eigenvalue weighted by molar-refractivity contribution is -0.143. The average Bonchev–Trinajstić information content (AvgIpc) is 2.40. The lowest BCUT2D eigenvalue weighted by atomic mass is 10.1. The Morgan fingerprint density at radius 3 is 2.47 bits per heavy atom. The molecule has 0 saturated heterocycles. The minimum Gasteiger partial charge on any atom is -0.469 e. The maximum Gasteiger partial charge on any atom is 0.306 e. The van der Waals surface area contributed by atoms with E-state index in [2.05, 4.69) is 34.3 Å². The number of esters is 1. The zero-order chi connectivity index (χ0) is 14.3. The Morgan fingerprint density at radius 2 is 1.89 bits per heavy atom. The molecule has 1 unspecified atom stereocenters. The summed E-state index contributed by atoms with van der Waals surface area (Å²) in [5.41, 5.74) is 2.41. The molecular weight excluding hydrogens is 242 g/mol. The van der Waals surface area contributed by atoms with Gasteiger partial charge in [-0.1, -0.05) is 36.8 Å². The van der Waals surface area contributed by atoms with Crippen molar-refractivity contribution in [3.8, 4) is 0 Å². The third kappa shape index (κ3) is 5.55. The second kappa shape index (κ2) is 7.56. The van der Waals surface area contributed by atoms with Gasteiger partial charge in [-0.2, -0.15) is 0 Å². The van der Waals surface area contributed by atoms with Crippen molar-refractivity contribution in [2.24, 2.45) is 5.92 Å². The van der Waals surface area contributed by atoms with Gasteiger partial charge in [0.05, 0.1) is 13.5 Å². The maximum absolute atomic E-state index is 11.7. The van der Waals surface area contributed by atoms with Gasteiger partial charge in [-0.25, -0.2) is 0 Å². The highest BCUT2D eigenvalue weighted by molar-refractivity contribution is 5.83. The van der Waals surface area contributed by atoms with E-state index < -0.39 is 0 Å². The average molecular weight is 263 g/mol. The molecular formula is C15H21NO3. The van der Waals surface area contributed by atoms with Gasteiger partial charge in [-0.15, -0.1) is 0 Å². The van der Waals surface area contributed by atoms with E-state index in [1.807, 2.05) is 6.92 Å². The van der Waals surface area contributed by atoms with Crippen molar-refractivity contribution in [1.29, 1.82) is 0 Å². The molecule has 1 rings (SSSR count). The molecule has 19 heavy (non-hydrogen) atoms.